The fraction of sp³-hybridized carbons (Fsp3) is 0.604. The van der Waals surface area contributed by atoms with Crippen LogP contribution in [0, 0.1) is 0 Å². The summed E-state index contributed by atoms with van der Waals surface area (Å²) in [6.07, 6.45) is 55.6. The smallest absolute Gasteiger partial charge is 0.457 e. The first-order valence-corrected chi connectivity index (χ1v) is 23.1. The van der Waals surface area contributed by atoms with E-state index in [1.807, 2.05) is 21.1 Å². The molecule has 0 heterocycles. The summed E-state index contributed by atoms with van der Waals surface area (Å²) in [6, 6.07) is 0. The van der Waals surface area contributed by atoms with E-state index < -0.39 is 13.9 Å². The molecule has 0 rings (SSSR count). The summed E-state index contributed by atoms with van der Waals surface area (Å²) in [5.41, 5.74) is 0. The Morgan fingerprint density at radius 2 is 0.965 bits per heavy atom. The maximum absolute atomic E-state index is 12.7. The molecular weight excluding hydrogens is 734 g/mol. The van der Waals surface area contributed by atoms with Gasteiger partial charge in [0, 0.05) is 13.0 Å². The van der Waals surface area contributed by atoms with Gasteiger partial charge in [0.05, 0.1) is 34.4 Å². The van der Waals surface area contributed by atoms with Crippen molar-refractivity contribution in [2.45, 2.75) is 136 Å². The lowest BCUT2D eigenvalue weighted by Crippen LogP contribution is -2.37. The van der Waals surface area contributed by atoms with Crippen LogP contribution in [0.1, 0.15) is 129 Å². The molecule has 0 amide bonds. The molecule has 0 radical (unpaired) electrons. The van der Waals surface area contributed by atoms with E-state index >= 15 is 0 Å². The van der Waals surface area contributed by atoms with E-state index in [4.69, 9.17) is 18.5 Å². The number of hydrogen-bond donors (Lipinski definition) is 1. The number of carbonyl (C=O) groups excluding carboxylic acids is 1. The average molecular weight is 815 g/mol. The Bertz CT molecular complexity index is 1270. The summed E-state index contributed by atoms with van der Waals surface area (Å²) >= 11 is 0. The van der Waals surface area contributed by atoms with Crippen LogP contribution in [0.25, 0.3) is 0 Å². The number of quaternary nitrogens is 1. The third kappa shape index (κ3) is 44.1. The molecule has 0 aromatic heterocycles. The lowest BCUT2D eigenvalue weighted by Gasteiger charge is -2.24. The molecular formula is C48H81NO7P+. The minimum atomic E-state index is -4.30. The van der Waals surface area contributed by atoms with Gasteiger partial charge in [-0.05, 0) is 96.3 Å². The average Bonchev–Trinajstić information content (AvgIpc) is 3.16. The van der Waals surface area contributed by atoms with E-state index in [1.165, 1.54) is 0 Å². The number of phosphoric acid groups is 1. The van der Waals surface area contributed by atoms with Crippen molar-refractivity contribution >= 4 is 13.8 Å². The number of allylic oxidation sites excluding steroid dienone is 18. The second kappa shape index (κ2) is 40.0. The lowest BCUT2D eigenvalue weighted by molar-refractivity contribution is -0.870. The fourth-order valence-corrected chi connectivity index (χ4v) is 5.78. The first-order chi connectivity index (χ1) is 27.6. The maximum atomic E-state index is 12.7. The van der Waals surface area contributed by atoms with E-state index in [9.17, 15) is 14.3 Å². The Labute approximate surface area is 349 Å². The highest BCUT2D eigenvalue weighted by atomic mass is 31.2. The molecule has 1 N–H and O–H groups in total. The molecule has 0 fully saturated rings. The van der Waals surface area contributed by atoms with Crippen molar-refractivity contribution in [1.29, 1.82) is 0 Å². The van der Waals surface area contributed by atoms with Gasteiger partial charge in [0.1, 0.15) is 19.3 Å². The van der Waals surface area contributed by atoms with Crippen molar-refractivity contribution in [3.05, 3.63) is 109 Å². The number of rotatable bonds is 38. The summed E-state index contributed by atoms with van der Waals surface area (Å²) in [4.78, 5) is 22.9. The molecule has 2 atom stereocenters. The van der Waals surface area contributed by atoms with Gasteiger partial charge in [-0.15, -0.1) is 0 Å². The van der Waals surface area contributed by atoms with Gasteiger partial charge in [0.25, 0.3) is 0 Å². The minimum absolute atomic E-state index is 0.0680. The van der Waals surface area contributed by atoms with Crippen LogP contribution >= 0.6 is 7.82 Å². The number of hydrogen-bond acceptors (Lipinski definition) is 6. The van der Waals surface area contributed by atoms with Crippen molar-refractivity contribution in [2.24, 2.45) is 0 Å². The molecule has 0 saturated heterocycles. The van der Waals surface area contributed by atoms with Crippen LogP contribution in [-0.2, 0) is 27.9 Å². The predicted octanol–water partition coefficient (Wildman–Crippen LogP) is 12.8. The molecule has 0 bridgehead atoms. The second-order valence-corrected chi connectivity index (χ2v) is 16.4. The van der Waals surface area contributed by atoms with Crippen LogP contribution in [0.15, 0.2) is 109 Å². The Morgan fingerprint density at radius 3 is 1.42 bits per heavy atom. The Kier molecular flexibility index (Phi) is 38.0. The third-order valence-electron chi connectivity index (χ3n) is 8.33. The van der Waals surface area contributed by atoms with Gasteiger partial charge >= 0.3 is 13.8 Å². The van der Waals surface area contributed by atoms with Crippen LogP contribution in [-0.4, -0.2) is 75.6 Å². The zero-order chi connectivity index (χ0) is 42.0. The molecule has 0 aromatic rings. The van der Waals surface area contributed by atoms with Crippen molar-refractivity contribution in [2.75, 3.05) is 54.1 Å². The zero-order valence-corrected chi connectivity index (χ0v) is 37.4. The normalized spacial score (nSPS) is 14.8. The first-order valence-electron chi connectivity index (χ1n) is 21.6. The van der Waals surface area contributed by atoms with Gasteiger partial charge in [-0.25, -0.2) is 4.57 Å². The van der Waals surface area contributed by atoms with E-state index in [2.05, 4.69) is 123 Å². The molecule has 0 aromatic carbocycles. The van der Waals surface area contributed by atoms with Crippen molar-refractivity contribution in [1.82, 2.24) is 0 Å². The molecule has 0 aliphatic carbocycles. The molecule has 8 nitrogen and oxygen atoms in total. The van der Waals surface area contributed by atoms with Crippen molar-refractivity contribution in [3.8, 4) is 0 Å². The maximum Gasteiger partial charge on any atom is 0.472 e. The lowest BCUT2D eigenvalue weighted by atomic mass is 10.1. The molecule has 324 valence electrons. The third-order valence-corrected chi connectivity index (χ3v) is 9.31. The van der Waals surface area contributed by atoms with Crippen molar-refractivity contribution in [3.63, 3.8) is 0 Å². The van der Waals surface area contributed by atoms with Gasteiger partial charge in [0.15, 0.2) is 0 Å². The first kappa shape index (κ1) is 54.2. The number of carbonyl (C=O) groups is 1. The van der Waals surface area contributed by atoms with Crippen LogP contribution < -0.4 is 0 Å². The molecule has 0 aliphatic heterocycles. The van der Waals surface area contributed by atoms with Gasteiger partial charge < -0.3 is 18.9 Å². The van der Waals surface area contributed by atoms with Gasteiger partial charge in [-0.3, -0.25) is 13.8 Å². The Morgan fingerprint density at radius 1 is 0.544 bits per heavy atom. The summed E-state index contributed by atoms with van der Waals surface area (Å²) in [7, 11) is 1.60. The highest BCUT2D eigenvalue weighted by Gasteiger charge is 2.26. The quantitative estimate of drug-likeness (QED) is 0.0218. The minimum Gasteiger partial charge on any atom is -0.457 e. The van der Waals surface area contributed by atoms with E-state index in [-0.39, 0.29) is 32.2 Å². The van der Waals surface area contributed by atoms with Crippen LogP contribution in [0.3, 0.4) is 0 Å². The fourth-order valence-electron chi connectivity index (χ4n) is 5.04. The summed E-state index contributed by atoms with van der Waals surface area (Å²) in [6.45, 7) is 5.23. The van der Waals surface area contributed by atoms with Gasteiger partial charge in [0.2, 0.25) is 0 Å². The van der Waals surface area contributed by atoms with Crippen LogP contribution in [0.5, 0.6) is 0 Å². The highest BCUT2D eigenvalue weighted by Crippen LogP contribution is 2.43. The van der Waals surface area contributed by atoms with E-state index in [0.29, 0.717) is 24.1 Å². The number of unbranched alkanes of at least 4 members (excludes halogenated alkanes) is 6. The highest BCUT2D eigenvalue weighted by molar-refractivity contribution is 7.47. The van der Waals surface area contributed by atoms with E-state index in [1.54, 1.807) is 0 Å². The molecule has 9 heteroatoms. The van der Waals surface area contributed by atoms with Gasteiger partial charge in [-0.1, -0.05) is 136 Å². The van der Waals surface area contributed by atoms with Crippen LogP contribution in [0.4, 0.5) is 0 Å². The summed E-state index contributed by atoms with van der Waals surface area (Å²) < 4.78 is 34.9. The largest absolute Gasteiger partial charge is 0.472 e. The Hall–Kier alpha value is -2.84. The topological polar surface area (TPSA) is 91.3 Å². The predicted molar refractivity (Wildman–Crippen MR) is 242 cm³/mol. The monoisotopic (exact) mass is 815 g/mol. The standard InChI is InChI=1S/C48H80NO7P/c1-6-8-10-12-14-16-18-20-22-23-24-25-26-28-30-32-34-36-38-40-43-53-45-47(46-55-57(51,52)54-44-42-49(3,4)5)56-48(50)41-39-37-35-33-31-29-27-21-19-17-15-13-11-9-7-2/h8-11,14-17,20-22,24-25,27-28,30-31,33,47H,6-7,12-13,18-19,23,26,29,32,34-46H2,1-5H3/p+1/b10-8-,11-9-,16-14-,17-15-,22-20-,25-24-,27-21-,30-28-,33-31-. The molecule has 0 aliphatic rings. The molecule has 57 heavy (non-hydrogen) atoms. The number of esters is 1. The zero-order valence-electron chi connectivity index (χ0n) is 36.5. The number of nitrogens with zero attached hydrogens (tertiary/aromatic N) is 1. The number of phosphoric ester groups is 1. The molecule has 0 saturated carbocycles. The summed E-state index contributed by atoms with van der Waals surface area (Å²) in [5.74, 6) is -0.369. The van der Waals surface area contributed by atoms with E-state index in [0.717, 1.165) is 103 Å². The van der Waals surface area contributed by atoms with Crippen LogP contribution in [0.2, 0.25) is 0 Å². The number of ether oxygens (including phenoxy) is 2. The number of likely N-dealkylation sites (N-methyl/N-ethyl adjacent to an activating group) is 1. The van der Waals surface area contributed by atoms with Crippen molar-refractivity contribution < 1.29 is 37.3 Å². The SMILES string of the molecule is CC/C=C\C/C=C\C/C=C\C/C=C\C/C=C\CCCCCCOCC(COP(=O)(O)OCC[N+](C)(C)C)OC(=O)CCCC/C=C\C/C=C\C/C=C\C/C=C\CC. The Balaban J connectivity index is 4.39. The van der Waals surface area contributed by atoms with Gasteiger partial charge in [-0.2, -0.15) is 0 Å². The molecule has 2 unspecified atom stereocenters. The summed E-state index contributed by atoms with van der Waals surface area (Å²) in [5, 5.41) is 0. The second-order valence-electron chi connectivity index (χ2n) is 15.0. The molecule has 0 spiro atoms.